The van der Waals surface area contributed by atoms with E-state index in [0.29, 0.717) is 6.54 Å². The molecular formula is C14H15N3OS2. The van der Waals surface area contributed by atoms with E-state index in [-0.39, 0.29) is 6.61 Å². The van der Waals surface area contributed by atoms with Crippen LogP contribution >= 0.6 is 23.3 Å². The topological polar surface area (TPSA) is 60.9 Å². The van der Waals surface area contributed by atoms with Gasteiger partial charge in [0.2, 0.25) is 0 Å². The normalized spacial score (nSPS) is 11.3. The number of nitrogens with zero attached hydrogens (tertiary/aromatic N) is 1. The Morgan fingerprint density at radius 1 is 1.40 bits per heavy atom. The van der Waals surface area contributed by atoms with Gasteiger partial charge in [-0.2, -0.15) is 0 Å². The van der Waals surface area contributed by atoms with Gasteiger partial charge in [0.1, 0.15) is 5.65 Å². The molecule has 0 aliphatic carbocycles. The Kier molecular flexibility index (Phi) is 4.07. The third-order valence-corrected chi connectivity index (χ3v) is 5.00. The first-order valence-electron chi connectivity index (χ1n) is 6.33. The molecule has 3 heterocycles. The van der Waals surface area contributed by atoms with Crippen molar-refractivity contribution in [2.75, 3.05) is 13.2 Å². The lowest BCUT2D eigenvalue weighted by Gasteiger charge is -2.00. The highest BCUT2D eigenvalue weighted by Gasteiger charge is 2.09. The van der Waals surface area contributed by atoms with Crippen molar-refractivity contribution in [3.8, 4) is 10.4 Å². The molecule has 0 radical (unpaired) electrons. The second-order valence-corrected chi connectivity index (χ2v) is 6.69. The highest BCUT2D eigenvalue weighted by atomic mass is 32.2. The van der Waals surface area contributed by atoms with E-state index >= 15 is 0 Å². The van der Waals surface area contributed by atoms with Gasteiger partial charge >= 0.3 is 0 Å². The van der Waals surface area contributed by atoms with Crippen molar-refractivity contribution in [2.45, 2.75) is 11.1 Å². The number of aromatic amines is 1. The van der Waals surface area contributed by atoms with Crippen molar-refractivity contribution < 1.29 is 5.11 Å². The van der Waals surface area contributed by atoms with Crippen LogP contribution in [0.5, 0.6) is 0 Å². The number of rotatable bonds is 5. The number of aliphatic hydroxyl groups is 1. The van der Waals surface area contributed by atoms with E-state index in [9.17, 15) is 0 Å². The molecule has 3 aromatic rings. The van der Waals surface area contributed by atoms with E-state index in [1.165, 1.54) is 14.6 Å². The summed E-state index contributed by atoms with van der Waals surface area (Å²) in [5.74, 6) is 0. The number of aliphatic hydroxyl groups excluding tert-OH is 1. The minimum atomic E-state index is 0.152. The Morgan fingerprint density at radius 2 is 2.30 bits per heavy atom. The zero-order valence-electron chi connectivity index (χ0n) is 11.0. The molecule has 3 N–H and O–H groups in total. The molecule has 0 atom stereocenters. The average molecular weight is 305 g/mol. The molecule has 0 aromatic carbocycles. The van der Waals surface area contributed by atoms with Gasteiger partial charge in [0.05, 0.1) is 10.8 Å². The highest BCUT2D eigenvalue weighted by Crippen LogP contribution is 2.36. The lowest BCUT2D eigenvalue weighted by Crippen LogP contribution is -2.08. The molecule has 20 heavy (non-hydrogen) atoms. The molecule has 0 amide bonds. The average Bonchev–Trinajstić information content (AvgIpc) is 3.04. The van der Waals surface area contributed by atoms with Crippen LogP contribution in [0.25, 0.3) is 21.5 Å². The second-order valence-electron chi connectivity index (χ2n) is 4.41. The summed E-state index contributed by atoms with van der Waals surface area (Å²) in [5, 5.41) is 9.92. The van der Waals surface area contributed by atoms with E-state index in [2.05, 4.69) is 39.0 Å². The number of aryl methyl sites for hydroxylation is 1. The number of nitrogens with one attached hydrogen (secondary N) is 2. The summed E-state index contributed by atoms with van der Waals surface area (Å²) < 4.78 is 4.30. The summed E-state index contributed by atoms with van der Waals surface area (Å²) in [5.41, 5.74) is 3.26. The summed E-state index contributed by atoms with van der Waals surface area (Å²) in [4.78, 5) is 8.85. The lowest BCUT2D eigenvalue weighted by atomic mass is 10.1. The fourth-order valence-electron chi connectivity index (χ4n) is 2.06. The molecular weight excluding hydrogens is 290 g/mol. The number of fused-ring (bicyclic) bond motifs is 1. The number of H-pyrrole nitrogens is 1. The van der Waals surface area contributed by atoms with Crippen LogP contribution in [0, 0.1) is 6.92 Å². The number of aromatic nitrogens is 2. The molecule has 0 bridgehead atoms. The highest BCUT2D eigenvalue weighted by molar-refractivity contribution is 7.99. The SMILES string of the molecule is Cc1cc2c(-c3ccc(SNCCO)s3)ccnc2[nH]1. The number of hydrogen-bond donors (Lipinski definition) is 3. The van der Waals surface area contributed by atoms with Crippen molar-refractivity contribution in [2.24, 2.45) is 0 Å². The van der Waals surface area contributed by atoms with Gasteiger partial charge in [-0.25, -0.2) is 4.98 Å². The summed E-state index contributed by atoms with van der Waals surface area (Å²) in [6.45, 7) is 2.78. The zero-order valence-corrected chi connectivity index (χ0v) is 12.6. The van der Waals surface area contributed by atoms with Gasteiger partial charge < -0.3 is 10.1 Å². The van der Waals surface area contributed by atoms with E-state index in [1.54, 1.807) is 23.3 Å². The van der Waals surface area contributed by atoms with Crippen molar-refractivity contribution in [3.05, 3.63) is 36.2 Å². The Morgan fingerprint density at radius 3 is 3.15 bits per heavy atom. The van der Waals surface area contributed by atoms with E-state index in [4.69, 9.17) is 5.11 Å². The lowest BCUT2D eigenvalue weighted by molar-refractivity contribution is 0.302. The monoisotopic (exact) mass is 305 g/mol. The molecule has 0 saturated heterocycles. The van der Waals surface area contributed by atoms with Gasteiger partial charge in [-0.05, 0) is 43.1 Å². The largest absolute Gasteiger partial charge is 0.395 e. The molecule has 0 aliphatic heterocycles. The second kappa shape index (κ2) is 5.97. The Labute approximate surface area is 125 Å². The number of thiophene rings is 1. The van der Waals surface area contributed by atoms with E-state index < -0.39 is 0 Å². The molecule has 4 nitrogen and oxygen atoms in total. The molecule has 0 unspecified atom stereocenters. The molecule has 0 fully saturated rings. The fraction of sp³-hybridized carbons (Fsp3) is 0.214. The van der Waals surface area contributed by atoms with Crippen LogP contribution in [0.1, 0.15) is 5.69 Å². The van der Waals surface area contributed by atoms with E-state index in [1.807, 2.05) is 13.1 Å². The van der Waals surface area contributed by atoms with E-state index in [0.717, 1.165) is 16.7 Å². The molecule has 3 aromatic heterocycles. The number of hydrogen-bond acceptors (Lipinski definition) is 5. The molecule has 0 aliphatic rings. The molecule has 3 rings (SSSR count). The number of pyridine rings is 1. The maximum Gasteiger partial charge on any atom is 0.138 e. The molecule has 0 saturated carbocycles. The van der Waals surface area contributed by atoms with Crippen molar-refractivity contribution in [3.63, 3.8) is 0 Å². The van der Waals surface area contributed by atoms with Crippen LogP contribution in [0.3, 0.4) is 0 Å². The van der Waals surface area contributed by atoms with Crippen molar-refractivity contribution >= 4 is 34.3 Å². The molecule has 6 heteroatoms. The van der Waals surface area contributed by atoms with Gasteiger partial charge in [0, 0.05) is 34.3 Å². The summed E-state index contributed by atoms with van der Waals surface area (Å²) in [7, 11) is 0. The summed E-state index contributed by atoms with van der Waals surface area (Å²) in [6.07, 6.45) is 1.84. The summed E-state index contributed by atoms with van der Waals surface area (Å²) >= 11 is 3.29. The fourth-order valence-corrected chi connectivity index (χ4v) is 3.92. The standard InChI is InChI=1S/C14H15N3OS2/c1-9-8-11-10(4-5-15-14(11)17-9)12-2-3-13(19-12)20-16-6-7-18/h2-5,8,16,18H,6-7H2,1H3,(H,15,17). The van der Waals surface area contributed by atoms with Crippen LogP contribution in [0.2, 0.25) is 0 Å². The van der Waals surface area contributed by atoms with Gasteiger partial charge in [-0.1, -0.05) is 0 Å². The quantitative estimate of drug-likeness (QED) is 0.500. The first kappa shape index (κ1) is 13.6. The van der Waals surface area contributed by atoms with Crippen LogP contribution in [-0.2, 0) is 0 Å². The maximum atomic E-state index is 8.77. The van der Waals surface area contributed by atoms with Crippen LogP contribution in [-0.4, -0.2) is 28.2 Å². The van der Waals surface area contributed by atoms with Gasteiger partial charge in [-0.15, -0.1) is 11.3 Å². The summed E-state index contributed by atoms with van der Waals surface area (Å²) in [6, 6.07) is 8.41. The minimum Gasteiger partial charge on any atom is -0.395 e. The Balaban J connectivity index is 1.91. The first-order chi connectivity index (χ1) is 9.78. The third kappa shape index (κ3) is 2.73. The Hall–Kier alpha value is -1.34. The molecule has 104 valence electrons. The van der Waals surface area contributed by atoms with Gasteiger partial charge in [-0.3, -0.25) is 4.72 Å². The van der Waals surface area contributed by atoms with Crippen molar-refractivity contribution in [1.82, 2.24) is 14.7 Å². The van der Waals surface area contributed by atoms with Gasteiger partial charge in [0.25, 0.3) is 0 Å². The maximum absolute atomic E-state index is 8.77. The predicted molar refractivity (Wildman–Crippen MR) is 85.1 cm³/mol. The van der Waals surface area contributed by atoms with Crippen LogP contribution in [0.4, 0.5) is 0 Å². The smallest absolute Gasteiger partial charge is 0.138 e. The Bertz CT molecular complexity index is 720. The first-order valence-corrected chi connectivity index (χ1v) is 7.96. The van der Waals surface area contributed by atoms with Crippen LogP contribution in [0.15, 0.2) is 34.7 Å². The zero-order chi connectivity index (χ0) is 13.9. The van der Waals surface area contributed by atoms with Crippen LogP contribution < -0.4 is 4.72 Å². The van der Waals surface area contributed by atoms with Crippen molar-refractivity contribution in [1.29, 1.82) is 0 Å². The minimum absolute atomic E-state index is 0.152. The van der Waals surface area contributed by atoms with Gasteiger partial charge in [0.15, 0.2) is 0 Å². The third-order valence-electron chi connectivity index (χ3n) is 2.90. The molecule has 0 spiro atoms. The predicted octanol–water partition coefficient (Wildman–Crippen LogP) is 3.19.